The zero-order valence-electron chi connectivity index (χ0n) is 10.7. The molecule has 17 heavy (non-hydrogen) atoms. The van der Waals surface area contributed by atoms with Crippen LogP contribution in [0.1, 0.15) is 17.2 Å². The van der Waals surface area contributed by atoms with E-state index in [0.29, 0.717) is 12.6 Å². The minimum absolute atomic E-state index is 0.305. The molecular formula is C13H21BrN2S. The molecule has 2 nitrogen and oxygen atoms in total. The van der Waals surface area contributed by atoms with Crippen molar-refractivity contribution in [3.63, 3.8) is 0 Å². The topological polar surface area (TPSA) is 29.3 Å². The number of aryl methyl sites for hydroxylation is 1. The van der Waals surface area contributed by atoms with Gasteiger partial charge in [0.2, 0.25) is 0 Å². The first-order valence-electron chi connectivity index (χ1n) is 5.75. The molecule has 0 amide bonds. The van der Waals surface area contributed by atoms with Gasteiger partial charge in [0.15, 0.2) is 0 Å². The maximum Gasteiger partial charge on any atom is 0.0468 e. The fourth-order valence-electron chi connectivity index (χ4n) is 1.78. The molecule has 0 aliphatic rings. The van der Waals surface area contributed by atoms with Gasteiger partial charge in [-0.15, -0.1) is 0 Å². The fourth-order valence-corrected chi connectivity index (χ4v) is 2.65. The zero-order chi connectivity index (χ0) is 12.8. The van der Waals surface area contributed by atoms with Crippen LogP contribution < -0.4 is 5.73 Å². The van der Waals surface area contributed by atoms with Crippen molar-refractivity contribution in [1.29, 1.82) is 0 Å². The van der Waals surface area contributed by atoms with Crippen LogP contribution in [-0.2, 0) is 0 Å². The third kappa shape index (κ3) is 4.28. The maximum atomic E-state index is 5.90. The van der Waals surface area contributed by atoms with Gasteiger partial charge in [0, 0.05) is 29.4 Å². The van der Waals surface area contributed by atoms with E-state index in [4.69, 9.17) is 5.73 Å². The lowest BCUT2D eigenvalue weighted by Gasteiger charge is -2.27. The molecular weight excluding hydrogens is 296 g/mol. The van der Waals surface area contributed by atoms with E-state index in [2.05, 4.69) is 59.3 Å². The summed E-state index contributed by atoms with van der Waals surface area (Å²) in [7, 11) is 2.14. The van der Waals surface area contributed by atoms with Crippen LogP contribution >= 0.6 is 27.7 Å². The molecule has 96 valence electrons. The number of nitrogens with two attached hydrogens (primary N) is 1. The number of thioether (sulfide) groups is 1. The molecule has 0 radical (unpaired) electrons. The normalized spacial score (nSPS) is 13.1. The summed E-state index contributed by atoms with van der Waals surface area (Å²) in [5, 5.41) is 0. The number of nitrogens with zero attached hydrogens (tertiary/aromatic N) is 1. The van der Waals surface area contributed by atoms with Gasteiger partial charge < -0.3 is 5.73 Å². The summed E-state index contributed by atoms with van der Waals surface area (Å²) in [6.45, 7) is 3.82. The highest BCUT2D eigenvalue weighted by atomic mass is 79.9. The van der Waals surface area contributed by atoms with Crippen LogP contribution in [0.15, 0.2) is 22.7 Å². The number of likely N-dealkylation sites (N-methyl/N-ethyl adjacent to an activating group) is 1. The number of benzene rings is 1. The van der Waals surface area contributed by atoms with Crippen LogP contribution in [-0.4, -0.2) is 37.0 Å². The van der Waals surface area contributed by atoms with Crippen molar-refractivity contribution >= 4 is 27.7 Å². The third-order valence-electron chi connectivity index (χ3n) is 2.98. The summed E-state index contributed by atoms with van der Waals surface area (Å²) in [5.74, 6) is 1.14. The SMILES string of the molecule is CSCCN(C)C(CN)c1ccc(C)c(Br)c1. The van der Waals surface area contributed by atoms with Crippen LogP contribution in [0.5, 0.6) is 0 Å². The van der Waals surface area contributed by atoms with Crippen molar-refractivity contribution in [1.82, 2.24) is 4.90 Å². The average Bonchev–Trinajstić information content (AvgIpc) is 2.32. The third-order valence-corrected chi connectivity index (χ3v) is 4.43. The summed E-state index contributed by atoms with van der Waals surface area (Å²) < 4.78 is 1.16. The summed E-state index contributed by atoms with van der Waals surface area (Å²) in [5.41, 5.74) is 8.45. The van der Waals surface area contributed by atoms with Gasteiger partial charge in [-0.2, -0.15) is 11.8 Å². The van der Waals surface area contributed by atoms with E-state index in [0.717, 1.165) is 16.8 Å². The molecule has 0 spiro atoms. The second-order valence-corrected chi connectivity index (χ2v) is 6.07. The predicted octanol–water partition coefficient (Wildman–Crippen LogP) is 3.05. The van der Waals surface area contributed by atoms with Crippen molar-refractivity contribution in [2.24, 2.45) is 5.73 Å². The number of hydrogen-bond acceptors (Lipinski definition) is 3. The predicted molar refractivity (Wildman–Crippen MR) is 81.7 cm³/mol. The Hall–Kier alpha value is -0.0300. The summed E-state index contributed by atoms with van der Waals surface area (Å²) >= 11 is 5.45. The van der Waals surface area contributed by atoms with Gasteiger partial charge in [0.1, 0.15) is 0 Å². The van der Waals surface area contributed by atoms with Gasteiger partial charge in [0.25, 0.3) is 0 Å². The van der Waals surface area contributed by atoms with E-state index in [1.807, 2.05) is 11.8 Å². The molecule has 1 rings (SSSR count). The molecule has 1 aromatic carbocycles. The van der Waals surface area contributed by atoms with Crippen LogP contribution in [0.2, 0.25) is 0 Å². The Balaban J connectivity index is 2.81. The van der Waals surface area contributed by atoms with Crippen molar-refractivity contribution in [2.75, 3.05) is 32.1 Å². The Morgan fingerprint density at radius 3 is 2.71 bits per heavy atom. The molecule has 1 atom stereocenters. The lowest BCUT2D eigenvalue weighted by molar-refractivity contribution is 0.265. The summed E-state index contributed by atoms with van der Waals surface area (Å²) in [6.07, 6.45) is 2.13. The molecule has 2 N–H and O–H groups in total. The highest BCUT2D eigenvalue weighted by Gasteiger charge is 2.15. The second kappa shape index (κ2) is 7.41. The van der Waals surface area contributed by atoms with E-state index in [1.165, 1.54) is 11.1 Å². The maximum absolute atomic E-state index is 5.90. The molecule has 0 saturated carbocycles. The molecule has 0 fully saturated rings. The lowest BCUT2D eigenvalue weighted by Crippen LogP contribution is -2.32. The molecule has 0 bridgehead atoms. The van der Waals surface area contributed by atoms with Gasteiger partial charge in [-0.05, 0) is 37.4 Å². The Kier molecular flexibility index (Phi) is 6.55. The van der Waals surface area contributed by atoms with Crippen LogP contribution in [0.3, 0.4) is 0 Å². The fraction of sp³-hybridized carbons (Fsp3) is 0.538. The van der Waals surface area contributed by atoms with Gasteiger partial charge in [-0.3, -0.25) is 4.90 Å². The molecule has 0 aliphatic carbocycles. The first-order valence-corrected chi connectivity index (χ1v) is 7.94. The Bertz CT molecular complexity index is 357. The molecule has 0 aromatic heterocycles. The summed E-state index contributed by atoms with van der Waals surface area (Å²) in [6, 6.07) is 6.80. The van der Waals surface area contributed by atoms with Crippen molar-refractivity contribution in [2.45, 2.75) is 13.0 Å². The van der Waals surface area contributed by atoms with Crippen LogP contribution in [0.25, 0.3) is 0 Å². The summed E-state index contributed by atoms with van der Waals surface area (Å²) in [4.78, 5) is 2.33. The standard InChI is InChI=1S/C13H21BrN2S/c1-10-4-5-11(8-12(10)14)13(9-15)16(2)6-7-17-3/h4-5,8,13H,6-7,9,15H2,1-3H3. The smallest absolute Gasteiger partial charge is 0.0468 e. The lowest BCUT2D eigenvalue weighted by atomic mass is 10.0. The molecule has 0 saturated heterocycles. The van der Waals surface area contributed by atoms with E-state index in [-0.39, 0.29) is 0 Å². The highest BCUT2D eigenvalue weighted by Crippen LogP contribution is 2.24. The quantitative estimate of drug-likeness (QED) is 0.874. The van der Waals surface area contributed by atoms with E-state index >= 15 is 0 Å². The molecule has 4 heteroatoms. The average molecular weight is 317 g/mol. The number of rotatable bonds is 6. The number of halogens is 1. The minimum atomic E-state index is 0.305. The molecule has 0 heterocycles. The Morgan fingerprint density at radius 2 is 2.18 bits per heavy atom. The Morgan fingerprint density at radius 1 is 1.47 bits per heavy atom. The van der Waals surface area contributed by atoms with Gasteiger partial charge in [-0.25, -0.2) is 0 Å². The van der Waals surface area contributed by atoms with Crippen molar-refractivity contribution < 1.29 is 0 Å². The molecule has 0 aliphatic heterocycles. The Labute approximate surface area is 117 Å². The minimum Gasteiger partial charge on any atom is -0.329 e. The van der Waals surface area contributed by atoms with E-state index < -0.39 is 0 Å². The highest BCUT2D eigenvalue weighted by molar-refractivity contribution is 9.10. The van der Waals surface area contributed by atoms with Crippen molar-refractivity contribution in [3.05, 3.63) is 33.8 Å². The van der Waals surface area contributed by atoms with Gasteiger partial charge in [0.05, 0.1) is 0 Å². The van der Waals surface area contributed by atoms with Gasteiger partial charge in [-0.1, -0.05) is 28.1 Å². The zero-order valence-corrected chi connectivity index (χ0v) is 13.1. The van der Waals surface area contributed by atoms with Crippen molar-refractivity contribution in [3.8, 4) is 0 Å². The first kappa shape index (κ1) is 15.0. The van der Waals surface area contributed by atoms with Crippen LogP contribution in [0.4, 0.5) is 0 Å². The first-order chi connectivity index (χ1) is 8.10. The second-order valence-electron chi connectivity index (χ2n) is 4.23. The van der Waals surface area contributed by atoms with Crippen LogP contribution in [0, 0.1) is 6.92 Å². The van der Waals surface area contributed by atoms with E-state index in [1.54, 1.807) is 0 Å². The molecule has 1 aromatic rings. The van der Waals surface area contributed by atoms with E-state index in [9.17, 15) is 0 Å². The largest absolute Gasteiger partial charge is 0.329 e. The number of hydrogen-bond donors (Lipinski definition) is 1. The molecule has 1 unspecified atom stereocenters. The van der Waals surface area contributed by atoms with Gasteiger partial charge >= 0.3 is 0 Å². The monoisotopic (exact) mass is 316 g/mol.